The Bertz CT molecular complexity index is 1050. The van der Waals surface area contributed by atoms with E-state index in [1.165, 1.54) is 24.3 Å². The van der Waals surface area contributed by atoms with Gasteiger partial charge in [-0.3, -0.25) is 0 Å². The van der Waals surface area contributed by atoms with Crippen LogP contribution in [-0.2, 0) is 20.0 Å². The number of hydrogen-bond donors (Lipinski definition) is 1. The predicted molar refractivity (Wildman–Crippen MR) is 82.3 cm³/mol. The van der Waals surface area contributed by atoms with Gasteiger partial charge in [0.25, 0.3) is 10.0 Å². The van der Waals surface area contributed by atoms with Gasteiger partial charge in [0, 0.05) is 11.6 Å². The average molecular weight is 336 g/mol. The maximum atomic E-state index is 12.7. The molecular weight excluding hydrogens is 324 g/mol. The van der Waals surface area contributed by atoms with Gasteiger partial charge in [-0.25, -0.2) is 25.9 Å². The molecule has 8 heteroatoms. The lowest BCUT2D eigenvalue weighted by Crippen LogP contribution is -2.13. The Morgan fingerprint density at radius 1 is 0.818 bits per heavy atom. The van der Waals surface area contributed by atoms with Crippen LogP contribution in [0.2, 0.25) is 0 Å². The number of rotatable bonds is 3. The van der Waals surface area contributed by atoms with Crippen LogP contribution in [0.3, 0.4) is 0 Å². The molecule has 6 nitrogen and oxygen atoms in total. The van der Waals surface area contributed by atoms with Gasteiger partial charge in [0.1, 0.15) is 4.90 Å². The molecule has 0 saturated carbocycles. The number of nitrogens with zero attached hydrogens (tertiary/aromatic N) is 1. The number of fused-ring (bicyclic) bond motifs is 1. The first-order chi connectivity index (χ1) is 10.3. The van der Waals surface area contributed by atoms with Gasteiger partial charge in [0.05, 0.1) is 10.4 Å². The third-order valence-corrected chi connectivity index (χ3v) is 5.87. The van der Waals surface area contributed by atoms with Crippen molar-refractivity contribution in [3.8, 4) is 0 Å². The maximum absolute atomic E-state index is 12.7. The molecule has 1 aromatic heterocycles. The molecule has 22 heavy (non-hydrogen) atoms. The van der Waals surface area contributed by atoms with Crippen LogP contribution < -0.4 is 5.14 Å². The molecule has 0 fully saturated rings. The minimum Gasteiger partial charge on any atom is -0.240 e. The normalized spacial score (nSPS) is 12.6. The highest BCUT2D eigenvalue weighted by molar-refractivity contribution is 7.90. The Kier molecular flexibility index (Phi) is 3.32. The van der Waals surface area contributed by atoms with Crippen molar-refractivity contribution in [1.29, 1.82) is 0 Å². The molecule has 0 spiro atoms. The van der Waals surface area contributed by atoms with Crippen molar-refractivity contribution in [2.75, 3.05) is 0 Å². The van der Waals surface area contributed by atoms with E-state index in [4.69, 9.17) is 5.14 Å². The molecule has 0 aliphatic heterocycles. The lowest BCUT2D eigenvalue weighted by molar-refractivity contribution is 0.588. The third kappa shape index (κ3) is 2.31. The zero-order valence-electron chi connectivity index (χ0n) is 11.2. The fourth-order valence-corrected chi connectivity index (χ4v) is 4.44. The Morgan fingerprint density at radius 2 is 1.41 bits per heavy atom. The summed E-state index contributed by atoms with van der Waals surface area (Å²) in [4.78, 5) is -0.153. The molecule has 0 aliphatic rings. The van der Waals surface area contributed by atoms with Crippen LogP contribution in [0.5, 0.6) is 0 Å². The van der Waals surface area contributed by atoms with E-state index in [0.29, 0.717) is 0 Å². The van der Waals surface area contributed by atoms with Crippen molar-refractivity contribution in [2.45, 2.75) is 9.79 Å². The summed E-state index contributed by atoms with van der Waals surface area (Å²) in [5, 5.41) is 5.45. The summed E-state index contributed by atoms with van der Waals surface area (Å²) in [6.45, 7) is 0. The quantitative estimate of drug-likeness (QED) is 0.784. The fraction of sp³-hybridized carbons (Fsp3) is 0. The highest BCUT2D eigenvalue weighted by atomic mass is 32.2. The van der Waals surface area contributed by atoms with Gasteiger partial charge in [-0.1, -0.05) is 36.4 Å². The van der Waals surface area contributed by atoms with Crippen LogP contribution in [0, 0.1) is 0 Å². The summed E-state index contributed by atoms with van der Waals surface area (Å²) in [6.07, 6.45) is 1.04. The van der Waals surface area contributed by atoms with Crippen LogP contribution in [0.15, 0.2) is 70.6 Å². The van der Waals surface area contributed by atoms with Gasteiger partial charge in [0.2, 0.25) is 10.0 Å². The summed E-state index contributed by atoms with van der Waals surface area (Å²) in [5.41, 5.74) is 0.260. The second-order valence-electron chi connectivity index (χ2n) is 4.67. The van der Waals surface area contributed by atoms with Crippen LogP contribution in [0.25, 0.3) is 10.9 Å². The summed E-state index contributed by atoms with van der Waals surface area (Å²) in [6, 6.07) is 14.1. The highest BCUT2D eigenvalue weighted by Gasteiger charge is 2.24. The van der Waals surface area contributed by atoms with Crippen molar-refractivity contribution >= 4 is 30.9 Å². The monoisotopic (exact) mass is 336 g/mol. The molecule has 3 aromatic rings. The van der Waals surface area contributed by atoms with Crippen LogP contribution in [-0.4, -0.2) is 20.8 Å². The van der Waals surface area contributed by atoms with E-state index in [2.05, 4.69) is 0 Å². The SMILES string of the molecule is NS(=O)(=O)c1cn(S(=O)(=O)c2ccccc2)c2ccccc12. The van der Waals surface area contributed by atoms with Gasteiger partial charge in [-0.05, 0) is 18.2 Å². The van der Waals surface area contributed by atoms with Crippen molar-refractivity contribution in [3.63, 3.8) is 0 Å². The van der Waals surface area contributed by atoms with Gasteiger partial charge in [0.15, 0.2) is 0 Å². The molecule has 2 N–H and O–H groups in total. The molecule has 1 heterocycles. The van der Waals surface area contributed by atoms with E-state index in [0.717, 1.165) is 10.2 Å². The summed E-state index contributed by atoms with van der Waals surface area (Å²) >= 11 is 0. The standard InChI is InChI=1S/C14H12N2O4S2/c15-21(17,18)14-10-16(13-9-5-4-8-12(13)14)22(19,20)11-6-2-1-3-7-11/h1-10H,(H2,15,17,18). The smallest absolute Gasteiger partial charge is 0.240 e. The van der Waals surface area contributed by atoms with Gasteiger partial charge < -0.3 is 0 Å². The zero-order chi connectivity index (χ0) is 16.0. The summed E-state index contributed by atoms with van der Waals surface area (Å²) < 4.78 is 49.8. The Labute approximate surface area is 127 Å². The molecule has 0 bridgehead atoms. The minimum atomic E-state index is -4.04. The zero-order valence-corrected chi connectivity index (χ0v) is 12.9. The molecular formula is C14H12N2O4S2. The molecule has 0 saturated heterocycles. The number of hydrogen-bond acceptors (Lipinski definition) is 4. The number of benzene rings is 2. The Hall–Kier alpha value is -2.16. The van der Waals surface area contributed by atoms with Crippen molar-refractivity contribution in [2.24, 2.45) is 5.14 Å². The Balaban J connectivity index is 2.38. The minimum absolute atomic E-state index is 0.0664. The van der Waals surface area contributed by atoms with Crippen molar-refractivity contribution < 1.29 is 16.8 Å². The lowest BCUT2D eigenvalue weighted by Gasteiger charge is -2.06. The van der Waals surface area contributed by atoms with Crippen LogP contribution in [0.1, 0.15) is 0 Å². The van der Waals surface area contributed by atoms with Gasteiger partial charge in [-0.15, -0.1) is 0 Å². The fourth-order valence-electron chi connectivity index (χ4n) is 2.25. The first-order valence-electron chi connectivity index (χ1n) is 6.25. The number of primary sulfonamides is 1. The highest BCUT2D eigenvalue weighted by Crippen LogP contribution is 2.28. The van der Waals surface area contributed by atoms with E-state index in [1.807, 2.05) is 0 Å². The van der Waals surface area contributed by atoms with E-state index in [9.17, 15) is 16.8 Å². The molecule has 0 atom stereocenters. The van der Waals surface area contributed by atoms with Crippen LogP contribution in [0.4, 0.5) is 0 Å². The lowest BCUT2D eigenvalue weighted by atomic mass is 10.2. The average Bonchev–Trinajstić information content (AvgIpc) is 2.88. The van der Waals surface area contributed by atoms with E-state index < -0.39 is 20.0 Å². The van der Waals surface area contributed by atoms with Crippen LogP contribution >= 0.6 is 0 Å². The predicted octanol–water partition coefficient (Wildman–Crippen LogP) is 1.53. The van der Waals surface area contributed by atoms with Gasteiger partial charge >= 0.3 is 0 Å². The molecule has 114 valence electrons. The molecule has 0 radical (unpaired) electrons. The number of sulfonamides is 1. The van der Waals surface area contributed by atoms with E-state index in [1.54, 1.807) is 30.3 Å². The third-order valence-electron chi connectivity index (χ3n) is 3.25. The second-order valence-corrected chi connectivity index (χ2v) is 8.01. The Morgan fingerprint density at radius 3 is 2.05 bits per heavy atom. The number of para-hydroxylation sites is 1. The van der Waals surface area contributed by atoms with E-state index >= 15 is 0 Å². The van der Waals surface area contributed by atoms with E-state index in [-0.39, 0.29) is 20.7 Å². The number of nitrogens with two attached hydrogens (primary N) is 1. The molecule has 0 amide bonds. The maximum Gasteiger partial charge on any atom is 0.268 e. The molecule has 0 unspecified atom stereocenters. The first-order valence-corrected chi connectivity index (χ1v) is 9.24. The van der Waals surface area contributed by atoms with Crippen molar-refractivity contribution in [1.82, 2.24) is 3.97 Å². The summed E-state index contributed by atoms with van der Waals surface area (Å²) in [5.74, 6) is 0. The number of aromatic nitrogens is 1. The summed E-state index contributed by atoms with van der Waals surface area (Å²) in [7, 11) is -7.94. The topological polar surface area (TPSA) is 99.2 Å². The second kappa shape index (κ2) is 4.94. The molecule has 3 rings (SSSR count). The molecule has 0 aliphatic carbocycles. The largest absolute Gasteiger partial charge is 0.268 e. The first kappa shape index (κ1) is 14.8. The molecule has 2 aromatic carbocycles. The van der Waals surface area contributed by atoms with Gasteiger partial charge in [-0.2, -0.15) is 0 Å². The van der Waals surface area contributed by atoms with Crippen molar-refractivity contribution in [3.05, 3.63) is 60.8 Å².